The van der Waals surface area contributed by atoms with Gasteiger partial charge in [0.2, 0.25) is 0 Å². The molecule has 4 nitrogen and oxygen atoms in total. The summed E-state index contributed by atoms with van der Waals surface area (Å²) < 4.78 is 0. The van der Waals surface area contributed by atoms with E-state index in [2.05, 4.69) is 11.4 Å². The third-order valence-corrected chi connectivity index (χ3v) is 4.32. The lowest BCUT2D eigenvalue weighted by molar-refractivity contribution is 0.0975. The zero-order chi connectivity index (χ0) is 17.2. The molecule has 0 aliphatic carbocycles. The Kier molecular flexibility index (Phi) is 3.68. The van der Waals surface area contributed by atoms with E-state index in [1.807, 2.05) is 66.7 Å². The average molecular weight is 325 g/mol. The molecule has 4 heteroatoms. The fraction of sp³-hybridized carbons (Fsp3) is 0.0476. The largest absolute Gasteiger partial charge is 0.360 e. The van der Waals surface area contributed by atoms with Gasteiger partial charge in [-0.25, -0.2) is 0 Å². The van der Waals surface area contributed by atoms with E-state index in [0.717, 1.165) is 16.9 Å². The predicted octanol–water partition coefficient (Wildman–Crippen LogP) is 4.33. The van der Waals surface area contributed by atoms with Crippen LogP contribution >= 0.6 is 0 Å². The summed E-state index contributed by atoms with van der Waals surface area (Å²) >= 11 is 0. The number of benzene rings is 3. The van der Waals surface area contributed by atoms with Crippen LogP contribution in [0.25, 0.3) is 0 Å². The zero-order valence-electron chi connectivity index (χ0n) is 13.4. The van der Waals surface area contributed by atoms with Crippen molar-refractivity contribution in [2.75, 3.05) is 10.2 Å². The number of rotatable bonds is 2. The van der Waals surface area contributed by atoms with Gasteiger partial charge >= 0.3 is 0 Å². The van der Waals surface area contributed by atoms with Crippen LogP contribution in [0.3, 0.4) is 0 Å². The van der Waals surface area contributed by atoms with Gasteiger partial charge in [-0.15, -0.1) is 0 Å². The summed E-state index contributed by atoms with van der Waals surface area (Å²) in [6.07, 6.45) is -0.336. The second-order valence-corrected chi connectivity index (χ2v) is 5.84. The molecule has 1 N–H and O–H groups in total. The minimum atomic E-state index is -0.336. The molecule has 1 atom stereocenters. The molecule has 120 valence electrons. The summed E-state index contributed by atoms with van der Waals surface area (Å²) in [6, 6.07) is 26.5. The standard InChI is InChI=1S/C21H15N3O/c22-14-15-10-12-16(13-11-15)20-23-19-9-5-4-8-18(19)21(25)24(20)17-6-2-1-3-7-17/h1-13,20,23H/t20-/m0/s1. The van der Waals surface area contributed by atoms with E-state index in [0.29, 0.717) is 11.1 Å². The Balaban J connectivity index is 1.84. The van der Waals surface area contributed by atoms with E-state index in [-0.39, 0.29) is 12.1 Å². The monoisotopic (exact) mass is 325 g/mol. The number of fused-ring (bicyclic) bond motifs is 1. The summed E-state index contributed by atoms with van der Waals surface area (Å²) in [5.74, 6) is -0.0464. The number of anilines is 2. The fourth-order valence-electron chi connectivity index (χ4n) is 3.08. The highest BCUT2D eigenvalue weighted by Gasteiger charge is 2.33. The second kappa shape index (κ2) is 6.14. The quantitative estimate of drug-likeness (QED) is 0.763. The van der Waals surface area contributed by atoms with Crippen LogP contribution in [0.5, 0.6) is 0 Å². The van der Waals surface area contributed by atoms with Gasteiger partial charge in [-0.3, -0.25) is 9.69 Å². The normalized spacial score (nSPS) is 15.9. The van der Waals surface area contributed by atoms with Crippen LogP contribution in [0.2, 0.25) is 0 Å². The molecule has 0 aromatic heterocycles. The molecule has 0 radical (unpaired) electrons. The lowest BCUT2D eigenvalue weighted by Crippen LogP contribution is -2.43. The maximum Gasteiger partial charge on any atom is 0.262 e. The number of amides is 1. The van der Waals surface area contributed by atoms with E-state index < -0.39 is 0 Å². The van der Waals surface area contributed by atoms with Crippen LogP contribution < -0.4 is 10.2 Å². The first kappa shape index (κ1) is 15.0. The highest BCUT2D eigenvalue weighted by molar-refractivity contribution is 6.12. The van der Waals surface area contributed by atoms with E-state index in [4.69, 9.17) is 5.26 Å². The first-order valence-electron chi connectivity index (χ1n) is 8.02. The lowest BCUT2D eigenvalue weighted by Gasteiger charge is -2.38. The van der Waals surface area contributed by atoms with Crippen molar-refractivity contribution in [1.82, 2.24) is 0 Å². The van der Waals surface area contributed by atoms with Crippen LogP contribution in [0, 0.1) is 11.3 Å². The molecule has 0 fully saturated rings. The van der Waals surface area contributed by atoms with Crippen LogP contribution in [-0.4, -0.2) is 5.91 Å². The smallest absolute Gasteiger partial charge is 0.262 e. The van der Waals surface area contributed by atoms with Gasteiger partial charge in [0.1, 0.15) is 6.17 Å². The summed E-state index contributed by atoms with van der Waals surface area (Å²) in [6.45, 7) is 0. The number of hydrogen-bond donors (Lipinski definition) is 1. The summed E-state index contributed by atoms with van der Waals surface area (Å²) in [7, 11) is 0. The number of hydrogen-bond acceptors (Lipinski definition) is 3. The van der Waals surface area contributed by atoms with Gasteiger partial charge in [-0.1, -0.05) is 42.5 Å². The number of nitrogens with one attached hydrogen (secondary N) is 1. The van der Waals surface area contributed by atoms with Crippen LogP contribution in [0.1, 0.15) is 27.7 Å². The Morgan fingerprint density at radius 1 is 0.880 bits per heavy atom. The highest BCUT2D eigenvalue weighted by Crippen LogP contribution is 2.36. The van der Waals surface area contributed by atoms with E-state index in [1.54, 1.807) is 17.0 Å². The number of para-hydroxylation sites is 2. The van der Waals surface area contributed by atoms with Gasteiger partial charge in [-0.05, 0) is 42.0 Å². The molecule has 0 spiro atoms. The maximum atomic E-state index is 13.2. The highest BCUT2D eigenvalue weighted by atomic mass is 16.2. The molecule has 1 aliphatic heterocycles. The Bertz CT molecular complexity index is 958. The molecule has 0 saturated carbocycles. The minimum absolute atomic E-state index is 0.0464. The van der Waals surface area contributed by atoms with Gasteiger partial charge in [0.05, 0.1) is 17.2 Å². The molecule has 3 aromatic rings. The maximum absolute atomic E-state index is 13.2. The molecular formula is C21H15N3O. The van der Waals surface area contributed by atoms with Crippen LogP contribution in [0.15, 0.2) is 78.9 Å². The molecule has 4 rings (SSSR count). The van der Waals surface area contributed by atoms with Crippen molar-refractivity contribution in [3.63, 3.8) is 0 Å². The van der Waals surface area contributed by atoms with Gasteiger partial charge < -0.3 is 5.32 Å². The number of nitriles is 1. The van der Waals surface area contributed by atoms with E-state index in [1.165, 1.54) is 0 Å². The fourth-order valence-corrected chi connectivity index (χ4v) is 3.08. The van der Waals surface area contributed by atoms with Crippen molar-refractivity contribution in [3.8, 4) is 6.07 Å². The topological polar surface area (TPSA) is 56.1 Å². The minimum Gasteiger partial charge on any atom is -0.360 e. The SMILES string of the molecule is N#Cc1ccc([C@H]2Nc3ccccc3C(=O)N2c2ccccc2)cc1. The molecule has 0 bridgehead atoms. The van der Waals surface area contributed by atoms with Crippen LogP contribution in [-0.2, 0) is 0 Å². The van der Waals surface area contributed by atoms with Crippen molar-refractivity contribution in [3.05, 3.63) is 95.6 Å². The van der Waals surface area contributed by atoms with Gasteiger partial charge in [-0.2, -0.15) is 5.26 Å². The molecule has 1 aliphatic rings. The predicted molar refractivity (Wildman–Crippen MR) is 97.2 cm³/mol. The molecule has 25 heavy (non-hydrogen) atoms. The Hall–Kier alpha value is -3.58. The summed E-state index contributed by atoms with van der Waals surface area (Å²) in [4.78, 5) is 14.9. The first-order valence-corrected chi connectivity index (χ1v) is 8.02. The number of carbonyl (C=O) groups excluding carboxylic acids is 1. The summed E-state index contributed by atoms with van der Waals surface area (Å²) in [5, 5.41) is 12.5. The van der Waals surface area contributed by atoms with Gasteiger partial charge in [0, 0.05) is 11.4 Å². The van der Waals surface area contributed by atoms with Gasteiger partial charge in [0.25, 0.3) is 5.91 Å². The third-order valence-electron chi connectivity index (χ3n) is 4.32. The average Bonchev–Trinajstić information content (AvgIpc) is 2.69. The second-order valence-electron chi connectivity index (χ2n) is 5.84. The molecule has 0 unspecified atom stereocenters. The molecule has 0 saturated heterocycles. The van der Waals surface area contributed by atoms with Crippen molar-refractivity contribution in [2.45, 2.75) is 6.17 Å². The summed E-state index contributed by atoms with van der Waals surface area (Å²) in [5.41, 5.74) is 3.80. The van der Waals surface area contributed by atoms with Crippen LogP contribution in [0.4, 0.5) is 11.4 Å². The Morgan fingerprint density at radius 2 is 1.56 bits per heavy atom. The van der Waals surface area contributed by atoms with E-state index >= 15 is 0 Å². The zero-order valence-corrected chi connectivity index (χ0v) is 13.4. The molecular weight excluding hydrogens is 310 g/mol. The Morgan fingerprint density at radius 3 is 2.28 bits per heavy atom. The number of carbonyl (C=O) groups is 1. The van der Waals surface area contributed by atoms with E-state index in [9.17, 15) is 4.79 Å². The lowest BCUT2D eigenvalue weighted by atomic mass is 10.0. The van der Waals surface area contributed by atoms with Crippen molar-refractivity contribution in [2.24, 2.45) is 0 Å². The molecule has 3 aromatic carbocycles. The molecule has 1 heterocycles. The van der Waals surface area contributed by atoms with Crippen molar-refractivity contribution < 1.29 is 4.79 Å². The van der Waals surface area contributed by atoms with Crippen molar-refractivity contribution >= 4 is 17.3 Å². The molecule has 1 amide bonds. The van der Waals surface area contributed by atoms with Crippen molar-refractivity contribution in [1.29, 1.82) is 5.26 Å². The Labute approximate surface area is 145 Å². The number of nitrogens with zero attached hydrogens (tertiary/aromatic N) is 2. The van der Waals surface area contributed by atoms with Gasteiger partial charge in [0.15, 0.2) is 0 Å². The first-order chi connectivity index (χ1) is 12.3. The third kappa shape index (κ3) is 2.62.